The number of pyridine rings is 1. The first-order valence-electron chi connectivity index (χ1n) is 10.4. The monoisotopic (exact) mass is 396 g/mol. The minimum Gasteiger partial charge on any atom is -0.370 e. The third-order valence-corrected chi connectivity index (χ3v) is 5.71. The molecule has 2 fully saturated rings. The first-order chi connectivity index (χ1) is 14.2. The van der Waals surface area contributed by atoms with Crippen molar-refractivity contribution < 1.29 is 4.39 Å². The first kappa shape index (κ1) is 19.5. The smallest absolute Gasteiger partial charge is 0.191 e. The van der Waals surface area contributed by atoms with Crippen molar-refractivity contribution in [1.29, 1.82) is 0 Å². The number of rotatable bonds is 4. The summed E-state index contributed by atoms with van der Waals surface area (Å²) in [6, 6.07) is 10.8. The molecule has 2 aliphatic heterocycles. The first-order valence-corrected chi connectivity index (χ1v) is 10.4. The highest BCUT2D eigenvalue weighted by molar-refractivity contribution is 5.78. The molecule has 0 amide bonds. The minimum absolute atomic E-state index is 0.197. The van der Waals surface area contributed by atoms with E-state index in [1.807, 2.05) is 24.4 Å². The van der Waals surface area contributed by atoms with E-state index in [0.717, 1.165) is 56.3 Å². The Morgan fingerprint density at radius 1 is 0.931 bits per heavy atom. The van der Waals surface area contributed by atoms with Gasteiger partial charge in [0.05, 0.1) is 6.54 Å². The lowest BCUT2D eigenvalue weighted by atomic mass is 10.1. The van der Waals surface area contributed by atoms with Crippen LogP contribution >= 0.6 is 0 Å². The van der Waals surface area contributed by atoms with Crippen molar-refractivity contribution in [1.82, 2.24) is 9.88 Å². The number of hydrogen-bond acceptors (Lipinski definition) is 4. The molecule has 0 atom stereocenters. The standard InChI is InChI=1S/C22H29FN6/c23-19-4-6-20(7-5-19)27-12-14-28(15-13-27)21-16-18(8-9-25-21)17-26-22(24)29-10-2-1-3-11-29/h4-9,16H,1-3,10-15,17H2,(H2,24,26). The summed E-state index contributed by atoms with van der Waals surface area (Å²) in [7, 11) is 0. The zero-order valence-electron chi connectivity index (χ0n) is 16.8. The van der Waals surface area contributed by atoms with Crippen molar-refractivity contribution in [3.8, 4) is 0 Å². The number of piperazine rings is 1. The van der Waals surface area contributed by atoms with Gasteiger partial charge in [0.25, 0.3) is 0 Å². The van der Waals surface area contributed by atoms with Crippen LogP contribution in [0.2, 0.25) is 0 Å². The highest BCUT2D eigenvalue weighted by Crippen LogP contribution is 2.20. The van der Waals surface area contributed by atoms with E-state index in [4.69, 9.17) is 5.73 Å². The molecule has 4 rings (SSSR count). The molecule has 0 unspecified atom stereocenters. The lowest BCUT2D eigenvalue weighted by Gasteiger charge is -2.36. The van der Waals surface area contributed by atoms with Gasteiger partial charge in [-0.1, -0.05) is 0 Å². The molecular formula is C22H29FN6. The van der Waals surface area contributed by atoms with Gasteiger partial charge in [-0.15, -0.1) is 0 Å². The Morgan fingerprint density at radius 2 is 1.62 bits per heavy atom. The number of benzene rings is 1. The number of aromatic nitrogens is 1. The van der Waals surface area contributed by atoms with Gasteiger partial charge in [0, 0.05) is 51.2 Å². The van der Waals surface area contributed by atoms with Crippen molar-refractivity contribution in [2.24, 2.45) is 10.7 Å². The molecule has 2 aromatic rings. The largest absolute Gasteiger partial charge is 0.370 e. The van der Waals surface area contributed by atoms with Crippen LogP contribution in [-0.4, -0.2) is 55.1 Å². The molecule has 0 aliphatic carbocycles. The highest BCUT2D eigenvalue weighted by Gasteiger charge is 2.18. The molecular weight excluding hydrogens is 367 g/mol. The third kappa shape index (κ3) is 4.96. The second-order valence-corrected chi connectivity index (χ2v) is 7.69. The molecule has 2 saturated heterocycles. The van der Waals surface area contributed by atoms with Gasteiger partial charge in [0.2, 0.25) is 0 Å². The quantitative estimate of drug-likeness (QED) is 0.636. The summed E-state index contributed by atoms with van der Waals surface area (Å²) in [4.78, 5) is 15.9. The Morgan fingerprint density at radius 3 is 2.34 bits per heavy atom. The summed E-state index contributed by atoms with van der Waals surface area (Å²) in [6.45, 7) is 6.13. The predicted octanol–water partition coefficient (Wildman–Crippen LogP) is 2.85. The SMILES string of the molecule is NC(=NCc1ccnc(N2CCN(c3ccc(F)cc3)CC2)c1)N1CCCCC1. The van der Waals surface area contributed by atoms with E-state index < -0.39 is 0 Å². The van der Waals surface area contributed by atoms with Crippen molar-refractivity contribution in [2.75, 3.05) is 49.1 Å². The van der Waals surface area contributed by atoms with Crippen LogP contribution in [0, 0.1) is 5.82 Å². The number of halogens is 1. The zero-order valence-corrected chi connectivity index (χ0v) is 16.8. The molecule has 1 aromatic carbocycles. The van der Waals surface area contributed by atoms with Crippen LogP contribution in [0.1, 0.15) is 24.8 Å². The molecule has 2 N–H and O–H groups in total. The summed E-state index contributed by atoms with van der Waals surface area (Å²) < 4.78 is 13.1. The summed E-state index contributed by atoms with van der Waals surface area (Å²) in [5.74, 6) is 1.43. The van der Waals surface area contributed by atoms with Crippen LogP contribution < -0.4 is 15.5 Å². The van der Waals surface area contributed by atoms with E-state index in [1.54, 1.807) is 0 Å². The summed E-state index contributed by atoms with van der Waals surface area (Å²) in [5.41, 5.74) is 8.36. The van der Waals surface area contributed by atoms with E-state index in [0.29, 0.717) is 12.5 Å². The summed E-state index contributed by atoms with van der Waals surface area (Å²) >= 11 is 0. The van der Waals surface area contributed by atoms with E-state index in [-0.39, 0.29) is 5.82 Å². The van der Waals surface area contributed by atoms with E-state index >= 15 is 0 Å². The molecule has 3 heterocycles. The fourth-order valence-electron chi connectivity index (χ4n) is 3.97. The maximum absolute atomic E-state index is 13.1. The van der Waals surface area contributed by atoms with Gasteiger partial charge >= 0.3 is 0 Å². The summed E-state index contributed by atoms with van der Waals surface area (Å²) in [5, 5.41) is 0. The molecule has 0 bridgehead atoms. The Labute approximate surface area is 171 Å². The van der Waals surface area contributed by atoms with Gasteiger partial charge in [0.15, 0.2) is 5.96 Å². The number of guanidine groups is 1. The van der Waals surface area contributed by atoms with Crippen LogP contribution in [0.5, 0.6) is 0 Å². The second kappa shape index (κ2) is 9.11. The lowest BCUT2D eigenvalue weighted by molar-refractivity contribution is 0.338. The number of nitrogens with two attached hydrogens (primary N) is 1. The minimum atomic E-state index is -0.197. The van der Waals surface area contributed by atoms with Crippen LogP contribution in [0.4, 0.5) is 15.9 Å². The van der Waals surface area contributed by atoms with Crippen LogP contribution in [-0.2, 0) is 6.54 Å². The molecule has 6 nitrogen and oxygen atoms in total. The van der Waals surface area contributed by atoms with Crippen molar-refractivity contribution >= 4 is 17.5 Å². The molecule has 154 valence electrons. The van der Waals surface area contributed by atoms with Gasteiger partial charge < -0.3 is 20.4 Å². The van der Waals surface area contributed by atoms with Gasteiger partial charge in [-0.25, -0.2) is 14.4 Å². The molecule has 7 heteroatoms. The number of likely N-dealkylation sites (tertiary alicyclic amines) is 1. The molecule has 0 spiro atoms. The Hall–Kier alpha value is -2.83. The van der Waals surface area contributed by atoms with Crippen molar-refractivity contribution in [3.63, 3.8) is 0 Å². The predicted molar refractivity (Wildman–Crippen MR) is 116 cm³/mol. The van der Waals surface area contributed by atoms with Gasteiger partial charge in [-0.05, 0) is 61.2 Å². The van der Waals surface area contributed by atoms with Crippen LogP contribution in [0.3, 0.4) is 0 Å². The van der Waals surface area contributed by atoms with Gasteiger partial charge in [0.1, 0.15) is 11.6 Å². The topological polar surface area (TPSA) is 61.0 Å². The highest BCUT2D eigenvalue weighted by atomic mass is 19.1. The molecule has 29 heavy (non-hydrogen) atoms. The fourth-order valence-corrected chi connectivity index (χ4v) is 3.97. The number of nitrogens with zero attached hydrogens (tertiary/aromatic N) is 5. The Kier molecular flexibility index (Phi) is 6.12. The van der Waals surface area contributed by atoms with Crippen molar-refractivity contribution in [2.45, 2.75) is 25.8 Å². The maximum Gasteiger partial charge on any atom is 0.191 e. The number of piperidine rings is 1. The van der Waals surface area contributed by atoms with Crippen LogP contribution in [0.25, 0.3) is 0 Å². The van der Waals surface area contributed by atoms with Crippen LogP contribution in [0.15, 0.2) is 47.6 Å². The molecule has 0 radical (unpaired) electrons. The second-order valence-electron chi connectivity index (χ2n) is 7.69. The van der Waals surface area contributed by atoms with Gasteiger partial charge in [-0.3, -0.25) is 0 Å². The molecule has 2 aliphatic rings. The average molecular weight is 397 g/mol. The lowest BCUT2D eigenvalue weighted by Crippen LogP contribution is -2.46. The summed E-state index contributed by atoms with van der Waals surface area (Å²) in [6.07, 6.45) is 5.52. The maximum atomic E-state index is 13.1. The van der Waals surface area contributed by atoms with E-state index in [1.165, 1.54) is 31.4 Å². The number of anilines is 2. The van der Waals surface area contributed by atoms with E-state index in [9.17, 15) is 4.39 Å². The van der Waals surface area contributed by atoms with Gasteiger partial charge in [-0.2, -0.15) is 0 Å². The zero-order chi connectivity index (χ0) is 20.1. The number of hydrogen-bond donors (Lipinski definition) is 1. The number of aliphatic imine (C=N–C) groups is 1. The fraction of sp³-hybridized carbons (Fsp3) is 0.455. The average Bonchev–Trinajstić information content (AvgIpc) is 2.79. The normalized spacial score (nSPS) is 18.2. The van der Waals surface area contributed by atoms with Crippen molar-refractivity contribution in [3.05, 3.63) is 54.0 Å². The van der Waals surface area contributed by atoms with E-state index in [2.05, 4.69) is 30.7 Å². The molecule has 0 saturated carbocycles. The Balaban J connectivity index is 1.34. The third-order valence-electron chi connectivity index (χ3n) is 5.71. The molecule has 1 aromatic heterocycles. The Bertz CT molecular complexity index is 823.